The average molecular weight is 617 g/mol. The maximum Gasteiger partial charge on any atom is 0.322 e. The Morgan fingerprint density at radius 1 is 0.778 bits per heavy atom. The van der Waals surface area contributed by atoms with E-state index >= 15 is 0 Å². The number of benzene rings is 3. The third-order valence-electron chi connectivity index (χ3n) is 7.53. The van der Waals surface area contributed by atoms with Gasteiger partial charge in [0.15, 0.2) is 0 Å². The predicted octanol–water partition coefficient (Wildman–Crippen LogP) is 2.21. The topological polar surface area (TPSA) is 182 Å². The van der Waals surface area contributed by atoms with Gasteiger partial charge in [0.25, 0.3) is 11.8 Å². The maximum atomic E-state index is 13.5. The molecule has 1 heterocycles. The number of carbonyl (C=O) groups is 6. The maximum absolute atomic E-state index is 13.5. The summed E-state index contributed by atoms with van der Waals surface area (Å²) in [4.78, 5) is 77.0. The van der Waals surface area contributed by atoms with Crippen LogP contribution in [0.4, 0.5) is 0 Å². The molecule has 1 unspecified atom stereocenters. The monoisotopic (exact) mass is 616 g/mol. The van der Waals surface area contributed by atoms with Crippen molar-refractivity contribution < 1.29 is 39.0 Å². The molecule has 45 heavy (non-hydrogen) atoms. The van der Waals surface area contributed by atoms with Crippen molar-refractivity contribution in [3.8, 4) is 0 Å². The van der Waals surface area contributed by atoms with Crippen LogP contribution in [0.3, 0.4) is 0 Å². The number of carboxylic acid groups (broad SMARTS) is 2. The first kappa shape index (κ1) is 32.8. The van der Waals surface area contributed by atoms with Gasteiger partial charge in [0.05, 0.1) is 17.2 Å². The molecule has 3 atom stereocenters. The van der Waals surface area contributed by atoms with Gasteiger partial charge in [-0.2, -0.15) is 0 Å². The molecular weight excluding hydrogens is 580 g/mol. The second-order valence-corrected chi connectivity index (χ2v) is 11.4. The van der Waals surface area contributed by atoms with E-state index in [2.05, 4.69) is 16.0 Å². The van der Waals surface area contributed by atoms with E-state index in [1.807, 2.05) is 38.1 Å². The Morgan fingerprint density at radius 3 is 1.89 bits per heavy atom. The Balaban J connectivity index is 1.48. The van der Waals surface area contributed by atoms with E-state index in [0.717, 1.165) is 21.2 Å². The summed E-state index contributed by atoms with van der Waals surface area (Å²) in [5.74, 6) is -4.96. The molecular formula is C33H36N4O8. The molecule has 0 saturated carbocycles. The van der Waals surface area contributed by atoms with E-state index in [0.29, 0.717) is 0 Å². The van der Waals surface area contributed by atoms with E-state index in [-0.39, 0.29) is 42.9 Å². The molecule has 0 bridgehead atoms. The summed E-state index contributed by atoms with van der Waals surface area (Å²) >= 11 is 0. The molecule has 3 aromatic carbocycles. The van der Waals surface area contributed by atoms with E-state index < -0.39 is 60.2 Å². The van der Waals surface area contributed by atoms with Gasteiger partial charge in [-0.15, -0.1) is 0 Å². The quantitative estimate of drug-likeness (QED) is 0.160. The molecule has 12 nitrogen and oxygen atoms in total. The summed E-state index contributed by atoms with van der Waals surface area (Å²) in [5.41, 5.74) is 1.22. The molecule has 3 aromatic rings. The number of carboxylic acids is 2. The van der Waals surface area contributed by atoms with Crippen molar-refractivity contribution in [1.82, 2.24) is 20.9 Å². The molecule has 12 heteroatoms. The zero-order valence-corrected chi connectivity index (χ0v) is 25.0. The number of hydrogen-bond donors (Lipinski definition) is 5. The Hall–Kier alpha value is -5.10. The molecule has 5 N–H and O–H groups in total. The van der Waals surface area contributed by atoms with Gasteiger partial charge in [0.1, 0.15) is 18.6 Å². The lowest BCUT2D eigenvalue weighted by molar-refractivity contribution is -0.140. The number of hydrogen-bond acceptors (Lipinski definition) is 7. The highest BCUT2D eigenvalue weighted by atomic mass is 16.4. The second kappa shape index (κ2) is 14.6. The van der Waals surface area contributed by atoms with E-state index in [1.165, 1.54) is 0 Å². The van der Waals surface area contributed by atoms with Gasteiger partial charge in [0.2, 0.25) is 11.8 Å². The minimum absolute atomic E-state index is 0.0542. The lowest BCUT2D eigenvalue weighted by atomic mass is 9.99. The largest absolute Gasteiger partial charge is 0.480 e. The van der Waals surface area contributed by atoms with Crippen LogP contribution in [-0.2, 0) is 25.6 Å². The zero-order valence-electron chi connectivity index (χ0n) is 25.0. The molecule has 0 saturated heterocycles. The SMILES string of the molecule is CC(C)C[C@H](NC(CCN1C(=O)c2cc3ccccc3cc2C1=O)C(=O)O)C(=O)N[C@@H](Cc1ccccc1)C(=O)NCC(=O)O. The number of aliphatic carboxylic acids is 2. The van der Waals surface area contributed by atoms with Crippen molar-refractivity contribution in [2.75, 3.05) is 13.1 Å². The molecule has 0 aliphatic carbocycles. The first-order chi connectivity index (χ1) is 21.4. The minimum Gasteiger partial charge on any atom is -0.480 e. The molecule has 0 fully saturated rings. The molecule has 1 aliphatic heterocycles. The summed E-state index contributed by atoms with van der Waals surface area (Å²) in [6, 6.07) is 16.0. The van der Waals surface area contributed by atoms with Gasteiger partial charge in [-0.3, -0.25) is 39.0 Å². The normalized spacial score (nSPS) is 14.6. The average Bonchev–Trinajstić information content (AvgIpc) is 3.23. The molecule has 0 radical (unpaired) electrons. The molecule has 4 rings (SSSR count). The molecule has 236 valence electrons. The summed E-state index contributed by atoms with van der Waals surface area (Å²) in [7, 11) is 0. The summed E-state index contributed by atoms with van der Waals surface area (Å²) < 4.78 is 0. The standard InChI is InChI=1S/C33H36N4O8/c1-19(2)14-26(30(41)36-27(29(40)34-18-28(38)39)15-20-8-4-3-5-9-20)35-25(33(44)45)12-13-37-31(42)23-16-21-10-6-7-11-22(21)17-24(23)32(37)43/h3-11,16-17,19,25-27,35H,12-15,18H2,1-2H3,(H,34,40)(H,36,41)(H,38,39)(H,44,45)/t25?,26-,27-/m0/s1. The number of carbonyl (C=O) groups excluding carboxylic acids is 4. The highest BCUT2D eigenvalue weighted by molar-refractivity contribution is 6.23. The number of imide groups is 1. The first-order valence-electron chi connectivity index (χ1n) is 14.7. The molecule has 0 spiro atoms. The van der Waals surface area contributed by atoms with Crippen LogP contribution in [0.5, 0.6) is 0 Å². The smallest absolute Gasteiger partial charge is 0.322 e. The van der Waals surface area contributed by atoms with Crippen LogP contribution in [0.2, 0.25) is 0 Å². The fourth-order valence-corrected chi connectivity index (χ4v) is 5.30. The fraction of sp³-hybridized carbons (Fsp3) is 0.333. The number of nitrogens with zero attached hydrogens (tertiary/aromatic N) is 1. The Kier molecular flexibility index (Phi) is 10.6. The molecule has 0 aromatic heterocycles. The highest BCUT2D eigenvalue weighted by Crippen LogP contribution is 2.28. The molecule has 1 aliphatic rings. The lowest BCUT2D eigenvalue weighted by Crippen LogP contribution is -2.57. The number of fused-ring (bicyclic) bond motifs is 2. The van der Waals surface area contributed by atoms with Gasteiger partial charge in [-0.05, 0) is 47.2 Å². The van der Waals surface area contributed by atoms with Crippen LogP contribution in [0.1, 0.15) is 53.0 Å². The van der Waals surface area contributed by atoms with Crippen LogP contribution < -0.4 is 16.0 Å². The summed E-state index contributed by atoms with van der Waals surface area (Å²) in [6.45, 7) is 2.86. The predicted molar refractivity (Wildman–Crippen MR) is 164 cm³/mol. The van der Waals surface area contributed by atoms with Crippen LogP contribution in [0, 0.1) is 5.92 Å². The molecule has 4 amide bonds. The minimum atomic E-state index is -1.31. The van der Waals surface area contributed by atoms with Crippen molar-refractivity contribution in [2.45, 2.75) is 51.2 Å². The van der Waals surface area contributed by atoms with Gasteiger partial charge in [-0.1, -0.05) is 68.4 Å². The van der Waals surface area contributed by atoms with Crippen LogP contribution >= 0.6 is 0 Å². The van der Waals surface area contributed by atoms with Gasteiger partial charge < -0.3 is 20.8 Å². The van der Waals surface area contributed by atoms with Gasteiger partial charge in [0, 0.05) is 13.0 Å². The van der Waals surface area contributed by atoms with E-state index in [1.54, 1.807) is 42.5 Å². The van der Waals surface area contributed by atoms with Crippen molar-refractivity contribution in [3.05, 3.63) is 83.4 Å². The third kappa shape index (κ3) is 8.30. The van der Waals surface area contributed by atoms with Crippen LogP contribution in [0.15, 0.2) is 66.7 Å². The second-order valence-electron chi connectivity index (χ2n) is 11.4. The van der Waals surface area contributed by atoms with Crippen molar-refractivity contribution >= 4 is 46.3 Å². The first-order valence-corrected chi connectivity index (χ1v) is 14.7. The van der Waals surface area contributed by atoms with E-state index in [4.69, 9.17) is 5.11 Å². The Morgan fingerprint density at radius 2 is 1.36 bits per heavy atom. The van der Waals surface area contributed by atoms with Gasteiger partial charge >= 0.3 is 11.9 Å². The van der Waals surface area contributed by atoms with E-state index in [9.17, 15) is 33.9 Å². The highest BCUT2D eigenvalue weighted by Gasteiger charge is 2.37. The van der Waals surface area contributed by atoms with Crippen LogP contribution in [-0.4, -0.2) is 81.9 Å². The fourth-order valence-electron chi connectivity index (χ4n) is 5.30. The van der Waals surface area contributed by atoms with Crippen molar-refractivity contribution in [2.24, 2.45) is 5.92 Å². The van der Waals surface area contributed by atoms with Crippen molar-refractivity contribution in [3.63, 3.8) is 0 Å². The summed E-state index contributed by atoms with van der Waals surface area (Å²) in [6.07, 6.45) is 0.113. The summed E-state index contributed by atoms with van der Waals surface area (Å²) in [5, 5.41) is 28.4. The third-order valence-corrected chi connectivity index (χ3v) is 7.53. The van der Waals surface area contributed by atoms with Crippen LogP contribution in [0.25, 0.3) is 10.8 Å². The zero-order chi connectivity index (χ0) is 32.7. The number of amides is 4. The Labute approximate surface area is 259 Å². The van der Waals surface area contributed by atoms with Gasteiger partial charge in [-0.25, -0.2) is 0 Å². The number of nitrogens with one attached hydrogen (secondary N) is 3. The Bertz CT molecular complexity index is 1550. The van der Waals surface area contributed by atoms with Crippen molar-refractivity contribution in [1.29, 1.82) is 0 Å². The number of rotatable bonds is 15. The lowest BCUT2D eigenvalue weighted by Gasteiger charge is -2.27.